The highest BCUT2D eigenvalue weighted by Crippen LogP contribution is 2.35. The minimum atomic E-state index is 0.182. The fraction of sp³-hybridized carbons (Fsp3) is 0.333. The molecule has 3 heterocycles. The summed E-state index contributed by atoms with van der Waals surface area (Å²) in [5.74, 6) is 0. The standard InChI is InChI=1S/C24H26ClN3O/c25-21-8-6-19(7-9-21)24-22(17-27-12-14-29-15-13-27)28-11-10-20(16-23(28)26-24)18-4-2-1-3-5-18/h1-11,16,22-24,26H,12-15,17H2. The third kappa shape index (κ3) is 3.99. The molecule has 0 bridgehead atoms. The highest BCUT2D eigenvalue weighted by atomic mass is 35.5. The molecule has 5 rings (SSSR count). The van der Waals surface area contributed by atoms with E-state index in [9.17, 15) is 0 Å². The number of fused-ring (bicyclic) bond motifs is 1. The van der Waals surface area contributed by atoms with Crippen LogP contribution in [0.3, 0.4) is 0 Å². The van der Waals surface area contributed by atoms with Crippen molar-refractivity contribution < 1.29 is 4.74 Å². The molecule has 2 fully saturated rings. The Kier molecular flexibility index (Phi) is 5.42. The summed E-state index contributed by atoms with van der Waals surface area (Å²) in [7, 11) is 0. The summed E-state index contributed by atoms with van der Waals surface area (Å²) in [4.78, 5) is 4.99. The van der Waals surface area contributed by atoms with Gasteiger partial charge in [0, 0.05) is 30.9 Å². The molecule has 2 aromatic rings. The number of benzene rings is 2. The second-order valence-corrected chi connectivity index (χ2v) is 8.31. The smallest absolute Gasteiger partial charge is 0.1000 e. The second-order valence-electron chi connectivity index (χ2n) is 7.87. The maximum atomic E-state index is 6.15. The quantitative estimate of drug-likeness (QED) is 0.831. The van der Waals surface area contributed by atoms with E-state index in [1.165, 1.54) is 16.7 Å². The lowest BCUT2D eigenvalue weighted by atomic mass is 9.99. The van der Waals surface area contributed by atoms with Crippen molar-refractivity contribution in [3.63, 3.8) is 0 Å². The van der Waals surface area contributed by atoms with Crippen LogP contribution < -0.4 is 5.32 Å². The predicted octanol–water partition coefficient (Wildman–Crippen LogP) is 3.92. The van der Waals surface area contributed by atoms with Crippen LogP contribution in [0.5, 0.6) is 0 Å². The Bertz CT molecular complexity index is 890. The molecule has 150 valence electrons. The molecule has 2 saturated heterocycles. The molecule has 0 aromatic heterocycles. The van der Waals surface area contributed by atoms with E-state index in [2.05, 4.69) is 75.9 Å². The lowest BCUT2D eigenvalue weighted by molar-refractivity contribution is 0.0277. The number of nitrogens with one attached hydrogen (secondary N) is 1. The molecule has 0 radical (unpaired) electrons. The fourth-order valence-corrected chi connectivity index (χ4v) is 4.67. The molecular formula is C24H26ClN3O. The van der Waals surface area contributed by atoms with Crippen molar-refractivity contribution in [2.75, 3.05) is 32.8 Å². The SMILES string of the molecule is Clc1ccc(C2NC3C=C(c4ccccc4)C=CN3C2CN2CCOCC2)cc1. The van der Waals surface area contributed by atoms with Gasteiger partial charge < -0.3 is 9.64 Å². The number of allylic oxidation sites excluding steroid dienone is 2. The Hall–Kier alpha value is -2.11. The van der Waals surface area contributed by atoms with E-state index in [0.717, 1.165) is 37.9 Å². The highest BCUT2D eigenvalue weighted by molar-refractivity contribution is 6.30. The van der Waals surface area contributed by atoms with Crippen LogP contribution in [0.25, 0.3) is 5.57 Å². The van der Waals surface area contributed by atoms with Gasteiger partial charge in [0.1, 0.15) is 0 Å². The number of morpholine rings is 1. The Balaban J connectivity index is 1.43. The Morgan fingerprint density at radius 1 is 1.00 bits per heavy atom. The van der Waals surface area contributed by atoms with Crippen molar-refractivity contribution in [3.05, 3.63) is 89.1 Å². The normalized spacial score (nSPS) is 27.0. The van der Waals surface area contributed by atoms with Gasteiger partial charge in [-0.25, -0.2) is 0 Å². The van der Waals surface area contributed by atoms with Gasteiger partial charge in [0.25, 0.3) is 0 Å². The van der Waals surface area contributed by atoms with Crippen LogP contribution >= 0.6 is 11.6 Å². The van der Waals surface area contributed by atoms with Crippen LogP contribution in [0.1, 0.15) is 17.2 Å². The van der Waals surface area contributed by atoms with Gasteiger partial charge in [-0.05, 0) is 41.0 Å². The van der Waals surface area contributed by atoms with Crippen molar-refractivity contribution in [3.8, 4) is 0 Å². The van der Waals surface area contributed by atoms with Crippen LogP contribution in [-0.4, -0.2) is 54.9 Å². The molecule has 2 aromatic carbocycles. The summed E-state index contributed by atoms with van der Waals surface area (Å²) in [5, 5.41) is 4.64. The Labute approximate surface area is 177 Å². The molecule has 5 heteroatoms. The first-order valence-electron chi connectivity index (χ1n) is 10.3. The zero-order chi connectivity index (χ0) is 19.6. The first kappa shape index (κ1) is 18.9. The third-order valence-corrected chi connectivity index (χ3v) is 6.34. The summed E-state index contributed by atoms with van der Waals surface area (Å²) in [6, 6.07) is 19.5. The molecule has 0 spiro atoms. The zero-order valence-corrected chi connectivity index (χ0v) is 17.1. The van der Waals surface area contributed by atoms with Crippen LogP contribution in [0.4, 0.5) is 0 Å². The zero-order valence-electron chi connectivity index (χ0n) is 16.4. The van der Waals surface area contributed by atoms with Crippen LogP contribution in [0.15, 0.2) is 72.9 Å². The van der Waals surface area contributed by atoms with E-state index in [1.54, 1.807) is 0 Å². The van der Waals surface area contributed by atoms with Crippen molar-refractivity contribution >= 4 is 17.2 Å². The topological polar surface area (TPSA) is 27.7 Å². The Morgan fingerprint density at radius 3 is 2.52 bits per heavy atom. The average Bonchev–Trinajstić information content (AvgIpc) is 3.13. The predicted molar refractivity (Wildman–Crippen MR) is 118 cm³/mol. The maximum absolute atomic E-state index is 6.15. The maximum Gasteiger partial charge on any atom is 0.1000 e. The van der Waals surface area contributed by atoms with Crippen molar-refractivity contribution in [2.24, 2.45) is 0 Å². The first-order chi connectivity index (χ1) is 14.3. The molecule has 29 heavy (non-hydrogen) atoms. The van der Waals surface area contributed by atoms with Crippen LogP contribution in [0.2, 0.25) is 5.02 Å². The number of halogens is 1. The van der Waals surface area contributed by atoms with E-state index >= 15 is 0 Å². The van der Waals surface area contributed by atoms with Gasteiger partial charge in [0.15, 0.2) is 0 Å². The van der Waals surface area contributed by atoms with E-state index < -0.39 is 0 Å². The van der Waals surface area contributed by atoms with E-state index in [0.29, 0.717) is 6.04 Å². The molecule has 3 aliphatic heterocycles. The van der Waals surface area contributed by atoms with E-state index in [4.69, 9.17) is 16.3 Å². The van der Waals surface area contributed by atoms with Crippen LogP contribution in [0, 0.1) is 0 Å². The van der Waals surface area contributed by atoms with E-state index in [1.807, 2.05) is 12.1 Å². The highest BCUT2D eigenvalue weighted by Gasteiger charge is 2.41. The molecule has 0 aliphatic carbocycles. The van der Waals surface area contributed by atoms with Gasteiger partial charge in [-0.2, -0.15) is 0 Å². The summed E-state index contributed by atoms with van der Waals surface area (Å²) >= 11 is 6.15. The molecule has 3 aliphatic rings. The molecular weight excluding hydrogens is 382 g/mol. The summed E-state index contributed by atoms with van der Waals surface area (Å²) in [6.45, 7) is 4.65. The lowest BCUT2D eigenvalue weighted by Gasteiger charge is -2.36. The monoisotopic (exact) mass is 407 g/mol. The lowest BCUT2D eigenvalue weighted by Crippen LogP contribution is -2.46. The van der Waals surface area contributed by atoms with Gasteiger partial charge in [-0.1, -0.05) is 54.1 Å². The number of hydrogen-bond acceptors (Lipinski definition) is 4. The second kappa shape index (κ2) is 8.33. The number of hydrogen-bond donors (Lipinski definition) is 1. The number of nitrogens with zero attached hydrogens (tertiary/aromatic N) is 2. The minimum Gasteiger partial charge on any atom is -0.379 e. The summed E-state index contributed by atoms with van der Waals surface area (Å²) in [6.07, 6.45) is 7.03. The molecule has 3 atom stereocenters. The van der Waals surface area contributed by atoms with Gasteiger partial charge >= 0.3 is 0 Å². The molecule has 3 unspecified atom stereocenters. The van der Waals surface area contributed by atoms with Gasteiger partial charge in [0.05, 0.1) is 31.5 Å². The van der Waals surface area contributed by atoms with Gasteiger partial charge in [0.2, 0.25) is 0 Å². The molecule has 0 amide bonds. The minimum absolute atomic E-state index is 0.182. The molecule has 1 N–H and O–H groups in total. The fourth-order valence-electron chi connectivity index (χ4n) is 4.55. The van der Waals surface area contributed by atoms with Gasteiger partial charge in [-0.3, -0.25) is 10.2 Å². The molecule has 0 saturated carbocycles. The first-order valence-corrected chi connectivity index (χ1v) is 10.7. The third-order valence-electron chi connectivity index (χ3n) is 6.09. The van der Waals surface area contributed by atoms with Gasteiger partial charge in [-0.15, -0.1) is 0 Å². The van der Waals surface area contributed by atoms with Crippen LogP contribution in [-0.2, 0) is 4.74 Å². The average molecular weight is 408 g/mol. The summed E-state index contributed by atoms with van der Waals surface area (Å²) < 4.78 is 5.55. The number of ether oxygens (including phenoxy) is 1. The molecule has 4 nitrogen and oxygen atoms in total. The largest absolute Gasteiger partial charge is 0.379 e. The summed E-state index contributed by atoms with van der Waals surface area (Å²) in [5.41, 5.74) is 3.80. The van der Waals surface area contributed by atoms with E-state index in [-0.39, 0.29) is 12.2 Å². The van der Waals surface area contributed by atoms with Crippen molar-refractivity contribution in [2.45, 2.75) is 18.2 Å². The number of rotatable bonds is 4. The van der Waals surface area contributed by atoms with Crippen molar-refractivity contribution in [1.29, 1.82) is 0 Å². The van der Waals surface area contributed by atoms with Crippen molar-refractivity contribution in [1.82, 2.24) is 15.1 Å². The Morgan fingerprint density at radius 2 is 1.76 bits per heavy atom.